The van der Waals surface area contributed by atoms with E-state index >= 15 is 0 Å². The Kier molecular flexibility index (Phi) is 3.42. The number of rotatable bonds is 2. The summed E-state index contributed by atoms with van der Waals surface area (Å²) < 4.78 is 0. The summed E-state index contributed by atoms with van der Waals surface area (Å²) in [6.07, 6.45) is 4.12. The Bertz CT molecular complexity index is 293. The number of nitrogens with zero attached hydrogens (tertiary/aromatic N) is 1. The number of hydrogen-bond donors (Lipinski definition) is 0. The second kappa shape index (κ2) is 4.80. The van der Waals surface area contributed by atoms with E-state index in [0.717, 1.165) is 6.04 Å². The van der Waals surface area contributed by atoms with Gasteiger partial charge < -0.3 is 0 Å². The van der Waals surface area contributed by atoms with Gasteiger partial charge >= 0.3 is 0 Å². The first-order valence-electron chi connectivity index (χ1n) is 6.09. The second-order valence-electron chi connectivity index (χ2n) is 4.67. The average Bonchev–Trinajstić information content (AvgIpc) is 2.30. The third kappa shape index (κ3) is 2.40. The lowest BCUT2D eigenvalue weighted by Gasteiger charge is -2.38. The predicted molar refractivity (Wildman–Crippen MR) is 64.9 cm³/mol. The van der Waals surface area contributed by atoms with Gasteiger partial charge in [-0.25, -0.2) is 0 Å². The predicted octanol–water partition coefficient (Wildman–Crippen LogP) is 3.62. The summed E-state index contributed by atoms with van der Waals surface area (Å²) in [6.45, 7) is 5.95. The highest BCUT2D eigenvalue weighted by atomic mass is 15.2. The molecule has 0 aromatic heterocycles. The minimum Gasteiger partial charge on any atom is -0.294 e. The fraction of sp³-hybridized carbons (Fsp3) is 0.571. The van der Waals surface area contributed by atoms with Crippen LogP contribution < -0.4 is 0 Å². The molecule has 0 spiro atoms. The van der Waals surface area contributed by atoms with E-state index in [9.17, 15) is 0 Å². The number of benzene rings is 1. The third-order valence-corrected chi connectivity index (χ3v) is 3.63. The molecule has 2 atom stereocenters. The Morgan fingerprint density at radius 1 is 1.20 bits per heavy atom. The van der Waals surface area contributed by atoms with Crippen molar-refractivity contribution in [2.45, 2.75) is 45.2 Å². The number of likely N-dealkylation sites (tertiary alicyclic amines) is 1. The largest absolute Gasteiger partial charge is 0.294 e. The van der Waals surface area contributed by atoms with E-state index in [1.54, 1.807) is 0 Å². The molecule has 2 rings (SSSR count). The fourth-order valence-corrected chi connectivity index (χ4v) is 2.62. The molecule has 1 heteroatoms. The zero-order chi connectivity index (χ0) is 10.7. The van der Waals surface area contributed by atoms with Gasteiger partial charge in [0.15, 0.2) is 0 Å². The smallest absolute Gasteiger partial charge is 0.0322 e. The Hall–Kier alpha value is -0.820. The molecular weight excluding hydrogens is 182 g/mol. The Morgan fingerprint density at radius 2 is 1.93 bits per heavy atom. The summed E-state index contributed by atoms with van der Waals surface area (Å²) in [5.74, 6) is 0. The highest BCUT2D eigenvalue weighted by Gasteiger charge is 2.23. The molecule has 0 N–H and O–H groups in total. The zero-order valence-electron chi connectivity index (χ0n) is 9.82. The van der Waals surface area contributed by atoms with Crippen molar-refractivity contribution in [2.75, 3.05) is 6.54 Å². The standard InChI is InChI=1S/C14H21N/c1-12-8-6-7-11-15(12)13(2)14-9-4-3-5-10-14/h3-5,9-10,12-13H,6-8,11H2,1-2H3/t12-,13+/m1/s1. The summed E-state index contributed by atoms with van der Waals surface area (Å²) in [5, 5.41) is 0. The van der Waals surface area contributed by atoms with Crippen LogP contribution in [-0.4, -0.2) is 17.5 Å². The van der Waals surface area contributed by atoms with Crippen LogP contribution in [0.3, 0.4) is 0 Å². The molecule has 1 aliphatic rings. The molecule has 0 aliphatic carbocycles. The third-order valence-electron chi connectivity index (χ3n) is 3.63. The van der Waals surface area contributed by atoms with E-state index in [4.69, 9.17) is 0 Å². The van der Waals surface area contributed by atoms with Gasteiger partial charge in [0.2, 0.25) is 0 Å². The molecule has 0 unspecified atom stereocenters. The molecule has 0 amide bonds. The SMILES string of the molecule is C[C@@H]1CCCCN1[C@@H](C)c1ccccc1. The molecule has 1 nitrogen and oxygen atoms in total. The van der Waals surface area contributed by atoms with Crippen LogP contribution in [0.5, 0.6) is 0 Å². The molecule has 1 heterocycles. The van der Waals surface area contributed by atoms with E-state index in [-0.39, 0.29) is 0 Å². The summed E-state index contributed by atoms with van der Waals surface area (Å²) >= 11 is 0. The number of piperidine rings is 1. The van der Waals surface area contributed by atoms with Crippen LogP contribution in [-0.2, 0) is 0 Å². The van der Waals surface area contributed by atoms with Crippen LogP contribution in [0.4, 0.5) is 0 Å². The van der Waals surface area contributed by atoms with E-state index in [1.165, 1.54) is 31.4 Å². The summed E-state index contributed by atoms with van der Waals surface area (Å²) in [4.78, 5) is 2.64. The molecular formula is C14H21N. The van der Waals surface area contributed by atoms with E-state index in [2.05, 4.69) is 49.1 Å². The molecule has 0 saturated carbocycles. The van der Waals surface area contributed by atoms with Gasteiger partial charge in [0, 0.05) is 12.1 Å². The van der Waals surface area contributed by atoms with E-state index < -0.39 is 0 Å². The lowest BCUT2D eigenvalue weighted by Crippen LogP contribution is -2.39. The normalized spacial score (nSPS) is 25.1. The van der Waals surface area contributed by atoms with Crippen molar-refractivity contribution in [3.8, 4) is 0 Å². The van der Waals surface area contributed by atoms with Gasteiger partial charge in [0.1, 0.15) is 0 Å². The van der Waals surface area contributed by atoms with Crippen molar-refractivity contribution in [1.82, 2.24) is 4.90 Å². The molecule has 0 radical (unpaired) electrons. The Morgan fingerprint density at radius 3 is 2.60 bits per heavy atom. The zero-order valence-corrected chi connectivity index (χ0v) is 9.82. The van der Waals surface area contributed by atoms with Crippen molar-refractivity contribution >= 4 is 0 Å². The summed E-state index contributed by atoms with van der Waals surface area (Å²) in [6, 6.07) is 12.2. The molecule has 1 aliphatic heterocycles. The van der Waals surface area contributed by atoms with Crippen LogP contribution >= 0.6 is 0 Å². The van der Waals surface area contributed by atoms with Gasteiger partial charge in [-0.2, -0.15) is 0 Å². The van der Waals surface area contributed by atoms with Crippen LogP contribution in [0.25, 0.3) is 0 Å². The van der Waals surface area contributed by atoms with Gasteiger partial charge in [-0.1, -0.05) is 36.8 Å². The molecule has 82 valence electrons. The highest BCUT2D eigenvalue weighted by Crippen LogP contribution is 2.27. The molecule has 0 bridgehead atoms. The molecule has 1 aromatic carbocycles. The van der Waals surface area contributed by atoms with Gasteiger partial charge in [-0.3, -0.25) is 4.90 Å². The topological polar surface area (TPSA) is 3.24 Å². The first-order valence-corrected chi connectivity index (χ1v) is 6.09. The van der Waals surface area contributed by atoms with Crippen LogP contribution in [0.1, 0.15) is 44.7 Å². The van der Waals surface area contributed by atoms with Crippen molar-refractivity contribution < 1.29 is 0 Å². The van der Waals surface area contributed by atoms with Crippen LogP contribution in [0, 0.1) is 0 Å². The minimum absolute atomic E-state index is 0.571. The Balaban J connectivity index is 2.09. The van der Waals surface area contributed by atoms with Crippen molar-refractivity contribution in [3.63, 3.8) is 0 Å². The average molecular weight is 203 g/mol. The minimum atomic E-state index is 0.571. The van der Waals surface area contributed by atoms with E-state index in [1.807, 2.05) is 0 Å². The maximum absolute atomic E-state index is 2.64. The first kappa shape index (κ1) is 10.7. The van der Waals surface area contributed by atoms with Gasteiger partial charge in [-0.15, -0.1) is 0 Å². The lowest BCUT2D eigenvalue weighted by atomic mass is 9.98. The van der Waals surface area contributed by atoms with Gasteiger partial charge in [-0.05, 0) is 38.8 Å². The van der Waals surface area contributed by atoms with Crippen molar-refractivity contribution in [1.29, 1.82) is 0 Å². The van der Waals surface area contributed by atoms with Crippen molar-refractivity contribution in [2.24, 2.45) is 0 Å². The highest BCUT2D eigenvalue weighted by molar-refractivity contribution is 5.18. The van der Waals surface area contributed by atoms with Gasteiger partial charge in [0.05, 0.1) is 0 Å². The van der Waals surface area contributed by atoms with E-state index in [0.29, 0.717) is 6.04 Å². The van der Waals surface area contributed by atoms with Crippen LogP contribution in [0.15, 0.2) is 30.3 Å². The van der Waals surface area contributed by atoms with Gasteiger partial charge in [0.25, 0.3) is 0 Å². The lowest BCUT2D eigenvalue weighted by molar-refractivity contribution is 0.114. The second-order valence-corrected chi connectivity index (χ2v) is 4.67. The Labute approximate surface area is 93.1 Å². The maximum Gasteiger partial charge on any atom is 0.0322 e. The monoisotopic (exact) mass is 203 g/mol. The molecule has 1 fully saturated rings. The summed E-state index contributed by atoms with van der Waals surface area (Å²) in [7, 11) is 0. The maximum atomic E-state index is 2.64. The quantitative estimate of drug-likeness (QED) is 0.709. The fourth-order valence-electron chi connectivity index (χ4n) is 2.62. The number of hydrogen-bond acceptors (Lipinski definition) is 1. The molecule has 1 aromatic rings. The first-order chi connectivity index (χ1) is 7.29. The summed E-state index contributed by atoms with van der Waals surface area (Å²) in [5.41, 5.74) is 1.45. The van der Waals surface area contributed by atoms with Crippen molar-refractivity contribution in [3.05, 3.63) is 35.9 Å². The molecule has 1 saturated heterocycles. The molecule has 15 heavy (non-hydrogen) atoms. The van der Waals surface area contributed by atoms with Crippen LogP contribution in [0.2, 0.25) is 0 Å².